The summed E-state index contributed by atoms with van der Waals surface area (Å²) in [4.78, 5) is 16.1. The van der Waals surface area contributed by atoms with Crippen molar-refractivity contribution in [1.82, 2.24) is 15.2 Å². The van der Waals surface area contributed by atoms with Gasteiger partial charge in [-0.15, -0.1) is 5.10 Å². The van der Waals surface area contributed by atoms with Crippen molar-refractivity contribution >= 4 is 11.9 Å². The number of ether oxygens (including phenoxy) is 1. The molecule has 2 aromatic rings. The molecule has 1 aliphatic carbocycles. The van der Waals surface area contributed by atoms with Crippen molar-refractivity contribution in [3.63, 3.8) is 0 Å². The van der Waals surface area contributed by atoms with E-state index in [9.17, 15) is 4.79 Å². The van der Waals surface area contributed by atoms with Crippen LogP contribution in [0.2, 0.25) is 0 Å². The number of carbonyl (C=O) groups excluding carboxylic acids is 1. The molecule has 1 amide bonds. The molecular formula is C13H14N4O2. The molecule has 19 heavy (non-hydrogen) atoms. The van der Waals surface area contributed by atoms with Crippen molar-refractivity contribution in [1.29, 1.82) is 0 Å². The van der Waals surface area contributed by atoms with Crippen molar-refractivity contribution in [3.05, 3.63) is 35.4 Å². The van der Waals surface area contributed by atoms with E-state index in [0.29, 0.717) is 12.6 Å². The van der Waals surface area contributed by atoms with Crippen LogP contribution >= 0.6 is 0 Å². The molecule has 6 nitrogen and oxygen atoms in total. The Morgan fingerprint density at radius 1 is 1.53 bits per heavy atom. The number of aromatic nitrogens is 3. The first-order chi connectivity index (χ1) is 9.28. The molecular weight excluding hydrogens is 244 g/mol. The second-order valence-electron chi connectivity index (χ2n) is 4.34. The Labute approximate surface area is 110 Å². The lowest BCUT2D eigenvalue weighted by molar-refractivity contribution is -0.118. The minimum absolute atomic E-state index is 0.0714. The van der Waals surface area contributed by atoms with Crippen LogP contribution < -0.4 is 10.1 Å². The predicted molar refractivity (Wildman–Crippen MR) is 69.1 cm³/mol. The third-order valence-electron chi connectivity index (χ3n) is 3.15. The van der Waals surface area contributed by atoms with Gasteiger partial charge in [0.15, 0.2) is 0 Å². The summed E-state index contributed by atoms with van der Waals surface area (Å²) in [6.07, 6.45) is 0.772. The van der Waals surface area contributed by atoms with E-state index in [1.165, 1.54) is 5.56 Å². The normalized spacial score (nSPS) is 16.4. The molecule has 2 N–H and O–H groups in total. The van der Waals surface area contributed by atoms with E-state index in [1.807, 2.05) is 31.2 Å². The predicted octanol–water partition coefficient (Wildman–Crippen LogP) is 1.48. The highest BCUT2D eigenvalue weighted by molar-refractivity contribution is 5.96. The van der Waals surface area contributed by atoms with E-state index in [0.717, 1.165) is 12.0 Å². The fourth-order valence-electron chi connectivity index (χ4n) is 2.19. The van der Waals surface area contributed by atoms with Gasteiger partial charge in [-0.2, -0.15) is 4.98 Å². The number of hydrogen-bond donors (Lipinski definition) is 2. The lowest BCUT2D eigenvalue weighted by Gasteiger charge is -2.28. The zero-order valence-corrected chi connectivity index (χ0v) is 10.5. The maximum atomic E-state index is 12.1. The van der Waals surface area contributed by atoms with Crippen LogP contribution in [0, 0.1) is 0 Å². The van der Waals surface area contributed by atoms with E-state index in [1.54, 1.807) is 0 Å². The summed E-state index contributed by atoms with van der Waals surface area (Å²) in [6.45, 7) is 2.33. The van der Waals surface area contributed by atoms with Crippen molar-refractivity contribution < 1.29 is 9.53 Å². The largest absolute Gasteiger partial charge is 0.463 e. The summed E-state index contributed by atoms with van der Waals surface area (Å²) in [7, 11) is 0. The van der Waals surface area contributed by atoms with Crippen LogP contribution in [0.5, 0.6) is 6.01 Å². The number of nitrogens with one attached hydrogen (secondary N) is 2. The quantitative estimate of drug-likeness (QED) is 0.870. The van der Waals surface area contributed by atoms with Crippen LogP contribution in [0.1, 0.15) is 24.0 Å². The summed E-state index contributed by atoms with van der Waals surface area (Å²) in [5, 5.41) is 9.18. The van der Waals surface area contributed by atoms with Gasteiger partial charge in [-0.1, -0.05) is 24.3 Å². The highest BCUT2D eigenvalue weighted by Gasteiger charge is 2.32. The molecule has 1 aromatic heterocycles. The number of benzene rings is 1. The smallest absolute Gasteiger partial charge is 0.337 e. The first-order valence-corrected chi connectivity index (χ1v) is 6.21. The number of aromatic amines is 1. The number of carbonyl (C=O) groups is 1. The van der Waals surface area contributed by atoms with Gasteiger partial charge in [0, 0.05) is 0 Å². The number of H-pyrrole nitrogens is 1. The summed E-state index contributed by atoms with van der Waals surface area (Å²) >= 11 is 0. The average Bonchev–Trinajstić information content (AvgIpc) is 2.79. The lowest BCUT2D eigenvalue weighted by Crippen LogP contribution is -2.30. The standard InChI is InChI=1S/C13H14N4O2/c1-2-19-13-15-12(16-17-13)14-11(18)10-7-8-5-3-4-6-9(8)10/h3-6,10H,2,7H2,1H3,(H2,14,15,16,17,18). The van der Waals surface area contributed by atoms with Crippen LogP contribution in [0.15, 0.2) is 24.3 Å². The lowest BCUT2D eigenvalue weighted by atomic mass is 9.77. The fourth-order valence-corrected chi connectivity index (χ4v) is 2.19. The second kappa shape index (κ2) is 4.72. The van der Waals surface area contributed by atoms with Crippen LogP contribution in [0.25, 0.3) is 0 Å². The van der Waals surface area contributed by atoms with Crippen LogP contribution in [0.3, 0.4) is 0 Å². The number of fused-ring (bicyclic) bond motifs is 1. The van der Waals surface area contributed by atoms with Crippen molar-refractivity contribution in [2.45, 2.75) is 19.3 Å². The molecule has 1 heterocycles. The number of hydrogen-bond acceptors (Lipinski definition) is 4. The topological polar surface area (TPSA) is 79.9 Å². The molecule has 6 heteroatoms. The van der Waals surface area contributed by atoms with Crippen molar-refractivity contribution in [2.24, 2.45) is 0 Å². The molecule has 0 bridgehead atoms. The minimum atomic E-state index is -0.100. The molecule has 1 aromatic carbocycles. The van der Waals surface area contributed by atoms with E-state index in [2.05, 4.69) is 20.5 Å². The van der Waals surface area contributed by atoms with Crippen LogP contribution in [-0.4, -0.2) is 27.7 Å². The Hall–Kier alpha value is -2.37. The van der Waals surface area contributed by atoms with Crippen LogP contribution in [-0.2, 0) is 11.2 Å². The van der Waals surface area contributed by atoms with E-state index >= 15 is 0 Å². The van der Waals surface area contributed by atoms with Gasteiger partial charge in [0.05, 0.1) is 12.5 Å². The third-order valence-corrected chi connectivity index (χ3v) is 3.15. The first kappa shape index (κ1) is 11.7. The maximum Gasteiger partial charge on any atom is 0.337 e. The van der Waals surface area contributed by atoms with Gasteiger partial charge in [-0.05, 0) is 24.5 Å². The highest BCUT2D eigenvalue weighted by atomic mass is 16.5. The molecule has 3 rings (SSSR count). The molecule has 1 aliphatic rings. The first-order valence-electron chi connectivity index (χ1n) is 6.21. The van der Waals surface area contributed by atoms with Crippen LogP contribution in [0.4, 0.5) is 5.95 Å². The van der Waals surface area contributed by atoms with Crippen molar-refractivity contribution in [3.8, 4) is 6.01 Å². The zero-order chi connectivity index (χ0) is 13.2. The van der Waals surface area contributed by atoms with Gasteiger partial charge < -0.3 is 4.74 Å². The molecule has 0 aliphatic heterocycles. The van der Waals surface area contributed by atoms with E-state index in [-0.39, 0.29) is 17.8 Å². The van der Waals surface area contributed by atoms with Gasteiger partial charge in [-0.25, -0.2) is 5.10 Å². The molecule has 0 spiro atoms. The molecule has 0 radical (unpaired) electrons. The Morgan fingerprint density at radius 3 is 3.16 bits per heavy atom. The summed E-state index contributed by atoms with van der Waals surface area (Å²) in [5.74, 6) is 0.146. The molecule has 1 unspecified atom stereocenters. The minimum Gasteiger partial charge on any atom is -0.463 e. The summed E-state index contributed by atoms with van der Waals surface area (Å²) in [5.41, 5.74) is 2.32. The monoisotopic (exact) mass is 258 g/mol. The van der Waals surface area contributed by atoms with Crippen molar-refractivity contribution in [2.75, 3.05) is 11.9 Å². The maximum absolute atomic E-state index is 12.1. The molecule has 98 valence electrons. The SMILES string of the molecule is CCOc1n[nH]c(NC(=O)C2Cc3ccccc32)n1. The molecule has 0 saturated carbocycles. The Balaban J connectivity index is 1.66. The molecule has 0 saturated heterocycles. The molecule has 0 fully saturated rings. The summed E-state index contributed by atoms with van der Waals surface area (Å²) in [6, 6.07) is 8.19. The van der Waals surface area contributed by atoms with Gasteiger partial charge >= 0.3 is 6.01 Å². The van der Waals surface area contributed by atoms with Gasteiger partial charge in [-0.3, -0.25) is 10.1 Å². The Kier molecular flexibility index (Phi) is 2.91. The second-order valence-corrected chi connectivity index (χ2v) is 4.34. The summed E-state index contributed by atoms with van der Waals surface area (Å²) < 4.78 is 5.12. The van der Waals surface area contributed by atoms with Gasteiger partial charge in [0.25, 0.3) is 0 Å². The fraction of sp³-hybridized carbons (Fsp3) is 0.308. The van der Waals surface area contributed by atoms with Gasteiger partial charge in [0.1, 0.15) is 0 Å². The Morgan fingerprint density at radius 2 is 2.37 bits per heavy atom. The Bertz CT molecular complexity index is 608. The highest BCUT2D eigenvalue weighted by Crippen LogP contribution is 2.35. The number of amides is 1. The average molecular weight is 258 g/mol. The number of rotatable bonds is 4. The zero-order valence-electron chi connectivity index (χ0n) is 10.5. The third kappa shape index (κ3) is 2.16. The number of nitrogens with zero attached hydrogens (tertiary/aromatic N) is 2. The van der Waals surface area contributed by atoms with Gasteiger partial charge in [0.2, 0.25) is 11.9 Å². The molecule has 1 atom stereocenters. The number of anilines is 1. The van der Waals surface area contributed by atoms with E-state index < -0.39 is 0 Å². The van der Waals surface area contributed by atoms with E-state index in [4.69, 9.17) is 4.74 Å².